The summed E-state index contributed by atoms with van der Waals surface area (Å²) in [5, 5.41) is 12.2. The first-order chi connectivity index (χ1) is 7.72. The van der Waals surface area contributed by atoms with Crippen LogP contribution >= 0.6 is 0 Å². The number of carbonyl (C=O) groups excluding carboxylic acids is 1. The molecule has 0 aromatic rings. The summed E-state index contributed by atoms with van der Waals surface area (Å²) in [6.07, 6.45) is 5.28. The van der Waals surface area contributed by atoms with Crippen molar-refractivity contribution in [3.05, 3.63) is 0 Å². The molecule has 0 spiro atoms. The Balaban J connectivity index is 2.30. The Labute approximate surface area is 98.6 Å². The summed E-state index contributed by atoms with van der Waals surface area (Å²) in [6.45, 7) is 5.13. The van der Waals surface area contributed by atoms with Crippen LogP contribution in [0.1, 0.15) is 46.0 Å². The second kappa shape index (κ2) is 6.89. The van der Waals surface area contributed by atoms with Gasteiger partial charge < -0.3 is 10.4 Å². The summed E-state index contributed by atoms with van der Waals surface area (Å²) in [5.41, 5.74) is 0. The van der Waals surface area contributed by atoms with Crippen molar-refractivity contribution < 1.29 is 9.90 Å². The fourth-order valence-corrected chi connectivity index (χ4v) is 2.66. The molecule has 0 aromatic heterocycles. The van der Waals surface area contributed by atoms with E-state index < -0.39 is 0 Å². The number of aliphatic hydroxyl groups is 1. The van der Waals surface area contributed by atoms with Crippen molar-refractivity contribution in [3.63, 3.8) is 0 Å². The molecule has 1 fully saturated rings. The van der Waals surface area contributed by atoms with Crippen LogP contribution in [0.15, 0.2) is 0 Å². The second-order valence-corrected chi connectivity index (χ2v) is 4.89. The number of hydrogen-bond acceptors (Lipinski definition) is 2. The van der Waals surface area contributed by atoms with Crippen LogP contribution in [0.5, 0.6) is 0 Å². The van der Waals surface area contributed by atoms with E-state index in [-0.39, 0.29) is 18.4 Å². The highest BCUT2D eigenvalue weighted by Crippen LogP contribution is 2.30. The molecular formula is C13H25NO2. The van der Waals surface area contributed by atoms with Gasteiger partial charge in [0.05, 0.1) is 0 Å². The van der Waals surface area contributed by atoms with Gasteiger partial charge in [-0.15, -0.1) is 0 Å². The van der Waals surface area contributed by atoms with Crippen molar-refractivity contribution >= 4 is 5.91 Å². The predicted molar refractivity (Wildman–Crippen MR) is 65.0 cm³/mol. The maximum absolute atomic E-state index is 11.8. The third-order valence-corrected chi connectivity index (χ3v) is 3.95. The van der Waals surface area contributed by atoms with Gasteiger partial charge in [-0.3, -0.25) is 4.79 Å². The van der Waals surface area contributed by atoms with Crippen molar-refractivity contribution in [3.8, 4) is 0 Å². The van der Waals surface area contributed by atoms with Gasteiger partial charge in [-0.05, 0) is 37.5 Å². The summed E-state index contributed by atoms with van der Waals surface area (Å²) in [4.78, 5) is 11.8. The second-order valence-electron chi connectivity index (χ2n) is 4.89. The molecule has 0 aromatic carbocycles. The molecule has 2 unspecified atom stereocenters. The van der Waals surface area contributed by atoms with Crippen LogP contribution in [-0.2, 0) is 4.79 Å². The van der Waals surface area contributed by atoms with E-state index in [1.54, 1.807) is 0 Å². The van der Waals surface area contributed by atoms with Crippen molar-refractivity contribution in [2.24, 2.45) is 17.8 Å². The summed E-state index contributed by atoms with van der Waals surface area (Å²) in [7, 11) is 0. The number of hydrogen-bond donors (Lipinski definition) is 2. The van der Waals surface area contributed by atoms with Crippen molar-refractivity contribution in [1.29, 1.82) is 0 Å². The maximum Gasteiger partial charge on any atom is 0.223 e. The van der Waals surface area contributed by atoms with Crippen LogP contribution < -0.4 is 5.32 Å². The molecule has 94 valence electrons. The molecule has 0 aliphatic heterocycles. The lowest BCUT2D eigenvalue weighted by Crippen LogP contribution is -2.35. The third kappa shape index (κ3) is 3.48. The van der Waals surface area contributed by atoms with Gasteiger partial charge in [-0.25, -0.2) is 0 Å². The SMILES string of the molecule is CCC(CC)C(=O)NCC1CCCC1CO. The van der Waals surface area contributed by atoms with Gasteiger partial charge in [-0.2, -0.15) is 0 Å². The fourth-order valence-electron chi connectivity index (χ4n) is 2.66. The van der Waals surface area contributed by atoms with Gasteiger partial charge >= 0.3 is 0 Å². The summed E-state index contributed by atoms with van der Waals surface area (Å²) >= 11 is 0. The zero-order valence-electron chi connectivity index (χ0n) is 10.5. The normalized spacial score (nSPS) is 25.0. The van der Waals surface area contributed by atoms with E-state index in [0.717, 1.165) is 32.2 Å². The monoisotopic (exact) mass is 227 g/mol. The molecule has 2 atom stereocenters. The van der Waals surface area contributed by atoms with E-state index in [4.69, 9.17) is 0 Å². The van der Waals surface area contributed by atoms with Crippen molar-refractivity contribution in [1.82, 2.24) is 5.32 Å². The van der Waals surface area contributed by atoms with Gasteiger partial charge in [0.2, 0.25) is 5.91 Å². The molecule has 1 rings (SSSR count). The first kappa shape index (κ1) is 13.5. The van der Waals surface area contributed by atoms with Crippen molar-refractivity contribution in [2.75, 3.05) is 13.2 Å². The van der Waals surface area contributed by atoms with Crippen LogP contribution in [0.2, 0.25) is 0 Å². The molecule has 1 amide bonds. The molecule has 1 saturated carbocycles. The molecule has 3 heteroatoms. The standard InChI is InChI=1S/C13H25NO2/c1-3-10(4-2)13(16)14-8-11-6-5-7-12(11)9-15/h10-12,15H,3-9H2,1-2H3,(H,14,16). The molecule has 0 saturated heterocycles. The number of rotatable bonds is 6. The first-order valence-electron chi connectivity index (χ1n) is 6.61. The third-order valence-electron chi connectivity index (χ3n) is 3.95. The molecule has 16 heavy (non-hydrogen) atoms. The Bertz CT molecular complexity index is 214. The molecular weight excluding hydrogens is 202 g/mol. The lowest BCUT2D eigenvalue weighted by molar-refractivity contribution is -0.125. The number of aliphatic hydroxyl groups excluding tert-OH is 1. The number of nitrogens with one attached hydrogen (secondary N) is 1. The van der Waals surface area contributed by atoms with Gasteiger partial charge in [0.15, 0.2) is 0 Å². The van der Waals surface area contributed by atoms with E-state index in [9.17, 15) is 9.90 Å². The Morgan fingerprint density at radius 3 is 2.50 bits per heavy atom. The van der Waals surface area contributed by atoms with Crippen molar-refractivity contribution in [2.45, 2.75) is 46.0 Å². The highest BCUT2D eigenvalue weighted by atomic mass is 16.3. The molecule has 0 bridgehead atoms. The van der Waals surface area contributed by atoms with Gasteiger partial charge in [0.1, 0.15) is 0 Å². The van der Waals surface area contributed by atoms with Crippen LogP contribution in [0.4, 0.5) is 0 Å². The van der Waals surface area contributed by atoms with Crippen LogP contribution in [0.3, 0.4) is 0 Å². The van der Waals surface area contributed by atoms with Crippen LogP contribution in [-0.4, -0.2) is 24.2 Å². The summed E-state index contributed by atoms with van der Waals surface area (Å²) < 4.78 is 0. The minimum Gasteiger partial charge on any atom is -0.396 e. The average Bonchev–Trinajstić information content (AvgIpc) is 2.75. The molecule has 0 radical (unpaired) electrons. The average molecular weight is 227 g/mol. The lowest BCUT2D eigenvalue weighted by atomic mass is 9.96. The largest absolute Gasteiger partial charge is 0.396 e. The molecule has 2 N–H and O–H groups in total. The maximum atomic E-state index is 11.8. The van der Waals surface area contributed by atoms with E-state index in [0.29, 0.717) is 11.8 Å². The van der Waals surface area contributed by atoms with Gasteiger partial charge in [0.25, 0.3) is 0 Å². The Hall–Kier alpha value is -0.570. The Kier molecular flexibility index (Phi) is 5.81. The molecule has 1 aliphatic carbocycles. The molecule has 3 nitrogen and oxygen atoms in total. The van der Waals surface area contributed by atoms with Crippen LogP contribution in [0.25, 0.3) is 0 Å². The fraction of sp³-hybridized carbons (Fsp3) is 0.923. The smallest absolute Gasteiger partial charge is 0.223 e. The highest BCUT2D eigenvalue weighted by molar-refractivity contribution is 5.78. The van der Waals surface area contributed by atoms with E-state index >= 15 is 0 Å². The van der Waals surface area contributed by atoms with E-state index in [1.165, 1.54) is 6.42 Å². The van der Waals surface area contributed by atoms with E-state index in [1.807, 2.05) is 0 Å². The zero-order chi connectivity index (χ0) is 12.0. The Morgan fingerprint density at radius 1 is 1.31 bits per heavy atom. The minimum absolute atomic E-state index is 0.161. The quantitative estimate of drug-likeness (QED) is 0.728. The Morgan fingerprint density at radius 2 is 1.94 bits per heavy atom. The highest BCUT2D eigenvalue weighted by Gasteiger charge is 2.27. The topological polar surface area (TPSA) is 49.3 Å². The van der Waals surface area contributed by atoms with E-state index in [2.05, 4.69) is 19.2 Å². The minimum atomic E-state index is 0.161. The molecule has 0 heterocycles. The van der Waals surface area contributed by atoms with Gasteiger partial charge in [0, 0.05) is 19.1 Å². The first-order valence-corrected chi connectivity index (χ1v) is 6.61. The number of carbonyl (C=O) groups is 1. The predicted octanol–water partition coefficient (Wildman–Crippen LogP) is 1.95. The molecule has 1 aliphatic rings. The van der Waals surface area contributed by atoms with Gasteiger partial charge in [-0.1, -0.05) is 20.3 Å². The number of amides is 1. The zero-order valence-corrected chi connectivity index (χ0v) is 10.5. The van der Waals surface area contributed by atoms with Crippen LogP contribution in [0, 0.1) is 17.8 Å². The lowest BCUT2D eigenvalue weighted by Gasteiger charge is -2.19. The summed E-state index contributed by atoms with van der Waals surface area (Å²) in [6, 6.07) is 0. The summed E-state index contributed by atoms with van der Waals surface area (Å²) in [5.74, 6) is 1.24.